The number of ketones is 2. The van der Waals surface area contributed by atoms with Crippen molar-refractivity contribution in [3.05, 3.63) is 69.8 Å². The first kappa shape index (κ1) is 24.7. The number of phenols is 1. The summed E-state index contributed by atoms with van der Waals surface area (Å²) in [6, 6.07) is 5.69. The Labute approximate surface area is 212 Å². The van der Waals surface area contributed by atoms with Crippen molar-refractivity contribution in [3.8, 4) is 17.0 Å². The van der Waals surface area contributed by atoms with E-state index in [0.29, 0.717) is 16.8 Å². The van der Waals surface area contributed by atoms with E-state index >= 15 is 0 Å². The van der Waals surface area contributed by atoms with Crippen molar-refractivity contribution in [2.75, 3.05) is 14.1 Å². The molecule has 0 saturated carbocycles. The number of rotatable bonds is 3. The average Bonchev–Trinajstić information content (AvgIpc) is 2.82. The van der Waals surface area contributed by atoms with Gasteiger partial charge in [-0.25, -0.2) is 0 Å². The minimum atomic E-state index is -2.66. The number of nitrogens with zero attached hydrogens (tertiary/aromatic N) is 2. The predicted octanol–water partition coefficient (Wildman–Crippen LogP) is 1.49. The molecular formula is C27H27N3O7. The summed E-state index contributed by atoms with van der Waals surface area (Å²) < 4.78 is 0. The Morgan fingerprint density at radius 1 is 1.16 bits per heavy atom. The van der Waals surface area contributed by atoms with Crippen molar-refractivity contribution >= 4 is 17.5 Å². The summed E-state index contributed by atoms with van der Waals surface area (Å²) in [6.07, 6.45) is 1.86. The molecule has 0 unspecified atom stereocenters. The van der Waals surface area contributed by atoms with Gasteiger partial charge in [-0.15, -0.1) is 0 Å². The highest BCUT2D eigenvalue weighted by molar-refractivity contribution is 6.24. The maximum atomic E-state index is 13.8. The lowest BCUT2D eigenvalue weighted by Gasteiger charge is -2.50. The van der Waals surface area contributed by atoms with Gasteiger partial charge in [-0.05, 0) is 69.1 Å². The van der Waals surface area contributed by atoms with Gasteiger partial charge in [0.25, 0.3) is 5.91 Å². The van der Waals surface area contributed by atoms with Crippen LogP contribution in [0.4, 0.5) is 0 Å². The second-order valence-corrected chi connectivity index (χ2v) is 10.1. The number of hydrogen-bond donors (Lipinski definition) is 5. The molecule has 6 N–H and O–H groups in total. The average molecular weight is 506 g/mol. The summed E-state index contributed by atoms with van der Waals surface area (Å²) in [5, 5.41) is 44.5. The summed E-state index contributed by atoms with van der Waals surface area (Å²) >= 11 is 0. The van der Waals surface area contributed by atoms with Crippen LogP contribution in [-0.2, 0) is 16.0 Å². The topological polar surface area (TPSA) is 174 Å². The van der Waals surface area contributed by atoms with Gasteiger partial charge >= 0.3 is 0 Å². The number of aromatic hydroxyl groups is 1. The van der Waals surface area contributed by atoms with Gasteiger partial charge < -0.3 is 26.2 Å². The monoisotopic (exact) mass is 505 g/mol. The highest BCUT2D eigenvalue weighted by Crippen LogP contribution is 2.53. The molecule has 1 aromatic carbocycles. The number of fused-ring (bicyclic) bond motifs is 3. The van der Waals surface area contributed by atoms with E-state index in [9.17, 15) is 34.8 Å². The molecule has 3 aliphatic rings. The number of Topliss-reactive ketones (excluding diaryl/α,β-unsaturated/α-hetero) is 2. The zero-order valence-electron chi connectivity index (χ0n) is 20.5. The Morgan fingerprint density at radius 2 is 1.86 bits per heavy atom. The zero-order valence-corrected chi connectivity index (χ0v) is 20.5. The highest BCUT2D eigenvalue weighted by Gasteiger charge is 2.63. The van der Waals surface area contributed by atoms with Gasteiger partial charge in [-0.1, -0.05) is 6.07 Å². The molecule has 1 heterocycles. The number of primary amides is 1. The SMILES string of the molecule is Cc1cccnc1-c1ccc(O)c2c1C[C@@H]1C[C@@H]3[C@@H](N(C)C)C(O)=C(C(N)=O)C(=O)[C@]3(O)C(O)=C1C2=O. The molecule has 2 aromatic rings. The van der Waals surface area contributed by atoms with E-state index in [1.165, 1.54) is 11.0 Å². The van der Waals surface area contributed by atoms with Gasteiger partial charge in [-0.2, -0.15) is 0 Å². The standard InChI is InChI=1S/C27H27N3O7/c1-11-5-4-8-29-20(11)13-6-7-16(31)18-14(13)9-12-10-15-21(30(2)3)23(33)19(26(28)36)25(35)27(15,37)24(34)17(12)22(18)32/h4-8,12,15,21,31,33-34,37H,9-10H2,1-3H3,(H2,28,36)/t12-,15-,21-,27-/m1/s1. The lowest BCUT2D eigenvalue weighted by molar-refractivity contribution is -0.148. The first-order valence-corrected chi connectivity index (χ1v) is 11.8. The van der Waals surface area contributed by atoms with Crippen LogP contribution in [0.15, 0.2) is 53.1 Å². The number of hydrogen-bond acceptors (Lipinski definition) is 9. The van der Waals surface area contributed by atoms with Crippen LogP contribution in [0.3, 0.4) is 0 Å². The van der Waals surface area contributed by atoms with E-state index < -0.39 is 58.0 Å². The van der Waals surface area contributed by atoms with E-state index in [2.05, 4.69) is 4.98 Å². The van der Waals surface area contributed by atoms with Crippen molar-refractivity contribution in [2.24, 2.45) is 17.6 Å². The second kappa shape index (κ2) is 8.25. The lowest BCUT2D eigenvalue weighted by atomic mass is 9.58. The van der Waals surface area contributed by atoms with Crippen LogP contribution in [0, 0.1) is 18.8 Å². The molecule has 0 spiro atoms. The number of aliphatic hydroxyl groups is 3. The van der Waals surface area contributed by atoms with Gasteiger partial charge in [-0.3, -0.25) is 24.3 Å². The maximum Gasteiger partial charge on any atom is 0.255 e. The quantitative estimate of drug-likeness (QED) is 0.387. The fourth-order valence-corrected chi connectivity index (χ4v) is 6.24. The molecule has 0 aliphatic heterocycles. The first-order chi connectivity index (χ1) is 17.4. The summed E-state index contributed by atoms with van der Waals surface area (Å²) in [5.74, 6) is -6.74. The Morgan fingerprint density at radius 3 is 2.49 bits per heavy atom. The Kier molecular flexibility index (Phi) is 5.50. The van der Waals surface area contributed by atoms with E-state index in [1.807, 2.05) is 13.0 Å². The number of aryl methyl sites for hydroxylation is 1. The number of carbonyl (C=O) groups is 3. The number of aromatic nitrogens is 1. The van der Waals surface area contributed by atoms with E-state index in [-0.39, 0.29) is 29.7 Å². The van der Waals surface area contributed by atoms with Crippen LogP contribution >= 0.6 is 0 Å². The number of amides is 1. The Bertz CT molecular complexity index is 1460. The Balaban J connectivity index is 1.74. The van der Waals surface area contributed by atoms with Crippen LogP contribution in [0.25, 0.3) is 11.3 Å². The molecule has 4 atom stereocenters. The third-order valence-corrected chi connectivity index (χ3v) is 7.87. The number of phenolic OH excluding ortho intramolecular Hbond substituents is 1. The molecule has 37 heavy (non-hydrogen) atoms. The predicted molar refractivity (Wildman–Crippen MR) is 132 cm³/mol. The largest absolute Gasteiger partial charge is 0.510 e. The normalized spacial score (nSPS) is 27.2. The molecule has 0 fully saturated rings. The second-order valence-electron chi connectivity index (χ2n) is 10.1. The first-order valence-electron chi connectivity index (χ1n) is 11.8. The minimum absolute atomic E-state index is 0.0298. The van der Waals surface area contributed by atoms with Crippen LogP contribution in [0.1, 0.15) is 27.9 Å². The fourth-order valence-electron chi connectivity index (χ4n) is 6.24. The van der Waals surface area contributed by atoms with Crippen LogP contribution in [-0.4, -0.2) is 73.5 Å². The molecule has 1 amide bonds. The number of carbonyl (C=O) groups excluding carboxylic acids is 3. The van der Waals surface area contributed by atoms with Crippen LogP contribution in [0.5, 0.6) is 5.75 Å². The van der Waals surface area contributed by atoms with E-state index in [0.717, 1.165) is 5.56 Å². The molecule has 1 aromatic heterocycles. The number of pyridine rings is 1. The third kappa shape index (κ3) is 3.25. The number of nitrogens with two attached hydrogens (primary N) is 1. The van der Waals surface area contributed by atoms with Gasteiger partial charge in [0.2, 0.25) is 5.78 Å². The van der Waals surface area contributed by atoms with Crippen molar-refractivity contribution in [3.63, 3.8) is 0 Å². The number of benzene rings is 1. The molecule has 0 saturated heterocycles. The van der Waals surface area contributed by atoms with Crippen molar-refractivity contribution in [1.29, 1.82) is 0 Å². The number of likely N-dealkylation sites (N-methyl/N-ethyl adjacent to an activating group) is 1. The molecule has 0 bridgehead atoms. The van der Waals surface area contributed by atoms with Crippen LogP contribution < -0.4 is 5.73 Å². The van der Waals surface area contributed by atoms with Crippen LogP contribution in [0.2, 0.25) is 0 Å². The molecule has 192 valence electrons. The number of aliphatic hydroxyl groups excluding tert-OH is 2. The molecule has 0 radical (unpaired) electrons. The molecule has 10 heteroatoms. The van der Waals surface area contributed by atoms with Crippen molar-refractivity contribution in [2.45, 2.75) is 31.4 Å². The summed E-state index contributed by atoms with van der Waals surface area (Å²) in [4.78, 5) is 45.2. The fraction of sp³-hybridized carbons (Fsp3) is 0.333. The smallest absolute Gasteiger partial charge is 0.255 e. The van der Waals surface area contributed by atoms with E-state index in [4.69, 9.17) is 5.73 Å². The lowest BCUT2D eigenvalue weighted by Crippen LogP contribution is -2.63. The summed E-state index contributed by atoms with van der Waals surface area (Å²) in [6.45, 7) is 1.88. The molecule has 3 aliphatic carbocycles. The zero-order chi connectivity index (χ0) is 27.0. The summed E-state index contributed by atoms with van der Waals surface area (Å²) in [7, 11) is 3.18. The van der Waals surface area contributed by atoms with Gasteiger partial charge in [0, 0.05) is 23.3 Å². The van der Waals surface area contributed by atoms with E-state index in [1.54, 1.807) is 32.4 Å². The third-order valence-electron chi connectivity index (χ3n) is 7.87. The van der Waals surface area contributed by atoms with Gasteiger partial charge in [0.15, 0.2) is 11.4 Å². The molecule has 5 rings (SSSR count). The van der Waals surface area contributed by atoms with Crippen molar-refractivity contribution in [1.82, 2.24) is 9.88 Å². The van der Waals surface area contributed by atoms with Gasteiger partial charge in [0.05, 0.1) is 17.3 Å². The molecule has 10 nitrogen and oxygen atoms in total. The van der Waals surface area contributed by atoms with Gasteiger partial charge in [0.1, 0.15) is 22.8 Å². The van der Waals surface area contributed by atoms with Crippen molar-refractivity contribution < 1.29 is 34.8 Å². The summed E-state index contributed by atoms with van der Waals surface area (Å²) in [5.41, 5.74) is 4.34. The highest BCUT2D eigenvalue weighted by atomic mass is 16.3. The number of allylic oxidation sites excluding steroid dienone is 1. The minimum Gasteiger partial charge on any atom is -0.510 e. The maximum absolute atomic E-state index is 13.8. The molecular weight excluding hydrogens is 478 g/mol. The Hall–Kier alpha value is -4.02.